The molecule has 1 N–H and O–H groups in total. The van der Waals surface area contributed by atoms with Gasteiger partial charge in [0.1, 0.15) is 0 Å². The van der Waals surface area contributed by atoms with Gasteiger partial charge in [0.2, 0.25) is 0 Å². The molecule has 3 heteroatoms. The lowest BCUT2D eigenvalue weighted by atomic mass is 10.2. The number of hydrogen-bond acceptors (Lipinski definition) is 2. The van der Waals surface area contributed by atoms with Crippen LogP contribution in [0, 0.1) is 6.92 Å². The highest BCUT2D eigenvalue weighted by Crippen LogP contribution is 2.20. The standard InChI is InChI=1S/C10H13BrN2/c1-7-4-9(13-6-10(7)11)5-12-8-2-3-8/h4,6,8,12H,2-3,5H2,1H3. The lowest BCUT2D eigenvalue weighted by Crippen LogP contribution is -2.16. The third kappa shape index (κ3) is 2.51. The van der Waals surface area contributed by atoms with Crippen LogP contribution in [0.25, 0.3) is 0 Å². The normalized spacial score (nSPS) is 16.2. The number of aromatic nitrogens is 1. The zero-order valence-electron chi connectivity index (χ0n) is 7.68. The Morgan fingerprint density at radius 2 is 2.38 bits per heavy atom. The number of nitrogens with one attached hydrogen (secondary N) is 1. The highest BCUT2D eigenvalue weighted by Gasteiger charge is 2.20. The van der Waals surface area contributed by atoms with E-state index in [4.69, 9.17) is 0 Å². The van der Waals surface area contributed by atoms with Crippen LogP contribution in [0.4, 0.5) is 0 Å². The fourth-order valence-corrected chi connectivity index (χ4v) is 1.45. The van der Waals surface area contributed by atoms with Crippen molar-refractivity contribution in [3.8, 4) is 0 Å². The van der Waals surface area contributed by atoms with Gasteiger partial charge in [-0.05, 0) is 47.3 Å². The van der Waals surface area contributed by atoms with E-state index in [1.54, 1.807) is 0 Å². The first kappa shape index (κ1) is 9.16. The van der Waals surface area contributed by atoms with Gasteiger partial charge in [-0.1, -0.05) is 0 Å². The summed E-state index contributed by atoms with van der Waals surface area (Å²) in [5.74, 6) is 0. The Labute approximate surface area is 86.9 Å². The molecule has 0 saturated heterocycles. The number of hydrogen-bond donors (Lipinski definition) is 1. The Hall–Kier alpha value is -0.410. The molecule has 0 unspecified atom stereocenters. The topological polar surface area (TPSA) is 24.9 Å². The van der Waals surface area contributed by atoms with E-state index in [0.29, 0.717) is 0 Å². The quantitative estimate of drug-likeness (QED) is 0.878. The molecule has 1 aromatic heterocycles. The molecule has 70 valence electrons. The van der Waals surface area contributed by atoms with Gasteiger partial charge in [0.05, 0.1) is 5.69 Å². The number of nitrogens with zero attached hydrogens (tertiary/aromatic N) is 1. The summed E-state index contributed by atoms with van der Waals surface area (Å²) >= 11 is 3.44. The van der Waals surface area contributed by atoms with E-state index in [1.807, 2.05) is 6.20 Å². The van der Waals surface area contributed by atoms with E-state index in [9.17, 15) is 0 Å². The number of halogens is 1. The summed E-state index contributed by atoms with van der Waals surface area (Å²) in [5.41, 5.74) is 2.38. The minimum Gasteiger partial charge on any atom is -0.308 e. The van der Waals surface area contributed by atoms with Gasteiger partial charge in [-0.3, -0.25) is 4.98 Å². The van der Waals surface area contributed by atoms with Crippen LogP contribution in [0.5, 0.6) is 0 Å². The first-order valence-corrected chi connectivity index (χ1v) is 5.39. The van der Waals surface area contributed by atoms with E-state index in [-0.39, 0.29) is 0 Å². The van der Waals surface area contributed by atoms with Gasteiger partial charge in [-0.25, -0.2) is 0 Å². The van der Waals surface area contributed by atoms with Crippen LogP contribution in [0.3, 0.4) is 0 Å². The van der Waals surface area contributed by atoms with Crippen LogP contribution in [0.1, 0.15) is 24.1 Å². The van der Waals surface area contributed by atoms with Crippen molar-refractivity contribution in [2.75, 3.05) is 0 Å². The summed E-state index contributed by atoms with van der Waals surface area (Å²) < 4.78 is 1.09. The molecule has 2 rings (SSSR count). The molecule has 1 aliphatic carbocycles. The maximum Gasteiger partial charge on any atom is 0.0545 e. The van der Waals surface area contributed by atoms with Crippen molar-refractivity contribution in [1.29, 1.82) is 0 Å². The van der Waals surface area contributed by atoms with Crippen molar-refractivity contribution in [3.63, 3.8) is 0 Å². The second kappa shape index (κ2) is 3.76. The second-order valence-corrected chi connectivity index (χ2v) is 4.43. The molecule has 2 nitrogen and oxygen atoms in total. The third-order valence-electron chi connectivity index (χ3n) is 2.25. The smallest absolute Gasteiger partial charge is 0.0545 e. The highest BCUT2D eigenvalue weighted by molar-refractivity contribution is 9.10. The average molecular weight is 241 g/mol. The zero-order chi connectivity index (χ0) is 9.26. The van der Waals surface area contributed by atoms with Gasteiger partial charge in [-0.2, -0.15) is 0 Å². The van der Waals surface area contributed by atoms with Crippen molar-refractivity contribution >= 4 is 15.9 Å². The van der Waals surface area contributed by atoms with E-state index in [0.717, 1.165) is 22.8 Å². The van der Waals surface area contributed by atoms with Crippen LogP contribution >= 0.6 is 15.9 Å². The Balaban J connectivity index is 1.98. The lowest BCUT2D eigenvalue weighted by molar-refractivity contribution is 0.673. The molecule has 1 fully saturated rings. The SMILES string of the molecule is Cc1cc(CNC2CC2)ncc1Br. The van der Waals surface area contributed by atoms with E-state index >= 15 is 0 Å². The molecule has 0 aliphatic heterocycles. The maximum atomic E-state index is 4.33. The monoisotopic (exact) mass is 240 g/mol. The molecule has 13 heavy (non-hydrogen) atoms. The van der Waals surface area contributed by atoms with Crippen molar-refractivity contribution in [3.05, 3.63) is 28.0 Å². The fraction of sp³-hybridized carbons (Fsp3) is 0.500. The molecular formula is C10H13BrN2. The Morgan fingerprint density at radius 3 is 3.00 bits per heavy atom. The lowest BCUT2D eigenvalue weighted by Gasteiger charge is -2.04. The minimum atomic E-state index is 0.755. The van der Waals surface area contributed by atoms with Gasteiger partial charge >= 0.3 is 0 Å². The third-order valence-corrected chi connectivity index (χ3v) is 3.08. The van der Waals surface area contributed by atoms with Crippen molar-refractivity contribution < 1.29 is 0 Å². The summed E-state index contributed by atoms with van der Waals surface area (Å²) in [7, 11) is 0. The van der Waals surface area contributed by atoms with Gasteiger partial charge in [0.15, 0.2) is 0 Å². The summed E-state index contributed by atoms with van der Waals surface area (Å²) in [4.78, 5) is 4.33. The van der Waals surface area contributed by atoms with Gasteiger partial charge in [0, 0.05) is 23.3 Å². The predicted molar refractivity (Wildman–Crippen MR) is 56.5 cm³/mol. The number of rotatable bonds is 3. The van der Waals surface area contributed by atoms with Crippen LogP contribution in [-0.2, 0) is 6.54 Å². The molecule has 1 aliphatic rings. The van der Waals surface area contributed by atoms with Gasteiger partial charge in [-0.15, -0.1) is 0 Å². The van der Waals surface area contributed by atoms with Crippen molar-refractivity contribution in [2.45, 2.75) is 32.4 Å². The van der Waals surface area contributed by atoms with Crippen molar-refractivity contribution in [2.24, 2.45) is 0 Å². The molecule has 1 heterocycles. The molecule has 1 aromatic rings. The molecule has 0 atom stereocenters. The maximum absolute atomic E-state index is 4.33. The largest absolute Gasteiger partial charge is 0.308 e. The fourth-order valence-electron chi connectivity index (χ4n) is 1.23. The first-order chi connectivity index (χ1) is 6.25. The van der Waals surface area contributed by atoms with Gasteiger partial charge in [0.25, 0.3) is 0 Å². The van der Waals surface area contributed by atoms with Gasteiger partial charge < -0.3 is 5.32 Å². The van der Waals surface area contributed by atoms with E-state index < -0.39 is 0 Å². The molecule has 0 amide bonds. The number of pyridine rings is 1. The zero-order valence-corrected chi connectivity index (χ0v) is 9.26. The molecule has 0 spiro atoms. The summed E-state index contributed by atoms with van der Waals surface area (Å²) in [6, 6.07) is 2.88. The predicted octanol–water partition coefficient (Wildman–Crippen LogP) is 2.40. The van der Waals surface area contributed by atoms with E-state index in [2.05, 4.69) is 39.2 Å². The Morgan fingerprint density at radius 1 is 1.62 bits per heavy atom. The van der Waals surface area contributed by atoms with E-state index in [1.165, 1.54) is 18.4 Å². The Bertz CT molecular complexity index is 308. The molecule has 0 bridgehead atoms. The highest BCUT2D eigenvalue weighted by atomic mass is 79.9. The summed E-state index contributed by atoms with van der Waals surface area (Å²) in [6.07, 6.45) is 4.53. The molecule has 0 aromatic carbocycles. The van der Waals surface area contributed by atoms with Crippen LogP contribution in [0.2, 0.25) is 0 Å². The Kier molecular flexibility index (Phi) is 2.65. The number of aryl methyl sites for hydroxylation is 1. The van der Waals surface area contributed by atoms with Crippen LogP contribution in [-0.4, -0.2) is 11.0 Å². The minimum absolute atomic E-state index is 0.755. The molecule has 0 radical (unpaired) electrons. The van der Waals surface area contributed by atoms with Crippen LogP contribution in [0.15, 0.2) is 16.7 Å². The van der Waals surface area contributed by atoms with Crippen LogP contribution < -0.4 is 5.32 Å². The molecule has 1 saturated carbocycles. The summed E-state index contributed by atoms with van der Waals surface area (Å²) in [6.45, 7) is 2.99. The summed E-state index contributed by atoms with van der Waals surface area (Å²) in [5, 5.41) is 3.44. The van der Waals surface area contributed by atoms with Crippen molar-refractivity contribution in [1.82, 2.24) is 10.3 Å². The average Bonchev–Trinajstić information content (AvgIpc) is 2.91. The second-order valence-electron chi connectivity index (χ2n) is 3.58. The molecular weight excluding hydrogens is 228 g/mol. The first-order valence-electron chi connectivity index (χ1n) is 4.60.